The van der Waals surface area contributed by atoms with Crippen molar-refractivity contribution in [1.82, 2.24) is 0 Å². The molecule has 0 aliphatic carbocycles. The van der Waals surface area contributed by atoms with Gasteiger partial charge in [-0.15, -0.1) is 0 Å². The van der Waals surface area contributed by atoms with Gasteiger partial charge in [-0.25, -0.2) is 0 Å². The molecule has 0 nitrogen and oxygen atoms in total. The largest absolute Gasteiger partial charge is 0.0654 e. The maximum absolute atomic E-state index is 3.64. The fourth-order valence-corrected chi connectivity index (χ4v) is 4.43. The van der Waals surface area contributed by atoms with E-state index in [2.05, 4.69) is 58.7 Å². The van der Waals surface area contributed by atoms with Gasteiger partial charge in [0.05, 0.1) is 0 Å². The van der Waals surface area contributed by atoms with Gasteiger partial charge in [-0.3, -0.25) is 0 Å². The van der Waals surface area contributed by atoms with Crippen LogP contribution in [0.3, 0.4) is 0 Å². The van der Waals surface area contributed by atoms with Crippen molar-refractivity contribution in [2.75, 3.05) is 24.6 Å². The lowest BCUT2D eigenvalue weighted by Crippen LogP contribution is -1.78. The molecule has 0 aliphatic heterocycles. The lowest BCUT2D eigenvalue weighted by molar-refractivity contribution is 0.893. The van der Waals surface area contributed by atoms with Crippen molar-refractivity contribution < 1.29 is 0 Å². The van der Waals surface area contributed by atoms with Crippen LogP contribution >= 0.6 is 44.2 Å². The van der Waals surface area contributed by atoms with Gasteiger partial charge >= 0.3 is 0 Å². The molecular formula is C12H28Br2P2. The van der Waals surface area contributed by atoms with E-state index in [9.17, 15) is 0 Å². The molecule has 0 saturated heterocycles. The second-order valence-electron chi connectivity index (χ2n) is 3.71. The monoisotopic (exact) mass is 392 g/mol. The summed E-state index contributed by atoms with van der Waals surface area (Å²) in [4.78, 5) is 0. The number of hydrogen-bond acceptors (Lipinski definition) is 0. The zero-order valence-corrected chi connectivity index (χ0v) is 16.3. The van der Waals surface area contributed by atoms with E-state index in [0.717, 1.165) is 0 Å². The van der Waals surface area contributed by atoms with Gasteiger partial charge in [-0.2, -0.15) is 0 Å². The first-order valence-corrected chi connectivity index (χ1v) is 13.9. The van der Waals surface area contributed by atoms with Crippen molar-refractivity contribution in [2.24, 2.45) is 0 Å². The fraction of sp³-hybridized carbons (Fsp3) is 1.00. The van der Waals surface area contributed by atoms with Crippen LogP contribution in [0.1, 0.15) is 53.4 Å². The highest BCUT2D eigenvalue weighted by Gasteiger charge is 1.96. The highest BCUT2D eigenvalue weighted by atomic mass is 79.9. The fourth-order valence-electron chi connectivity index (χ4n) is 0.976. The standard InChI is InChI=1S/2C6H14BrP/c2*1-3-5-6-8(7)4-2/h2*3-6H2,1-2H3. The summed E-state index contributed by atoms with van der Waals surface area (Å²) >= 11 is 7.29. The highest BCUT2D eigenvalue weighted by molar-refractivity contribution is 9.39. The quantitative estimate of drug-likeness (QED) is 0.382. The van der Waals surface area contributed by atoms with Gasteiger partial charge in [0.25, 0.3) is 0 Å². The van der Waals surface area contributed by atoms with Crippen molar-refractivity contribution >= 4 is 44.2 Å². The highest BCUT2D eigenvalue weighted by Crippen LogP contribution is 2.44. The van der Waals surface area contributed by atoms with Crippen LogP contribution in [0.2, 0.25) is 0 Å². The Morgan fingerprint density at radius 3 is 1.19 bits per heavy atom. The zero-order valence-electron chi connectivity index (χ0n) is 11.3. The Bertz CT molecular complexity index is 110. The molecule has 0 aliphatic rings. The lowest BCUT2D eigenvalue weighted by atomic mass is 10.4. The summed E-state index contributed by atoms with van der Waals surface area (Å²) in [5, 5.41) is 0. The minimum Gasteiger partial charge on any atom is -0.0654 e. The van der Waals surface area contributed by atoms with E-state index < -0.39 is 0 Å². The molecule has 4 heteroatoms. The van der Waals surface area contributed by atoms with Crippen molar-refractivity contribution in [2.45, 2.75) is 53.4 Å². The Kier molecular flexibility index (Phi) is 21.2. The van der Waals surface area contributed by atoms with Crippen LogP contribution in [-0.4, -0.2) is 24.6 Å². The molecule has 0 bridgehead atoms. The maximum atomic E-state index is 3.64. The molecule has 0 radical (unpaired) electrons. The van der Waals surface area contributed by atoms with Crippen LogP contribution in [0, 0.1) is 0 Å². The smallest absolute Gasteiger partial charge is 0.0227 e. The molecule has 0 heterocycles. The Balaban J connectivity index is 0. The molecule has 2 atom stereocenters. The predicted molar refractivity (Wildman–Crippen MR) is 92.3 cm³/mol. The molecule has 0 saturated carbocycles. The molecule has 0 spiro atoms. The predicted octanol–water partition coefficient (Wildman–Crippen LogP) is 7.20. The zero-order chi connectivity index (χ0) is 12.8. The third kappa shape index (κ3) is 18.2. The number of halogens is 2. The van der Waals surface area contributed by atoms with Crippen LogP contribution in [0.15, 0.2) is 0 Å². The molecule has 0 aromatic rings. The van der Waals surface area contributed by atoms with Crippen molar-refractivity contribution in [3.8, 4) is 0 Å². The summed E-state index contributed by atoms with van der Waals surface area (Å²) in [6, 6.07) is 0. The maximum Gasteiger partial charge on any atom is -0.0227 e. The number of unbranched alkanes of at least 4 members (excludes halogenated alkanes) is 2. The molecule has 0 aromatic carbocycles. The molecule has 16 heavy (non-hydrogen) atoms. The van der Waals surface area contributed by atoms with Crippen LogP contribution in [-0.2, 0) is 0 Å². The normalized spacial score (nSPS) is 13.9. The first-order valence-electron chi connectivity index (χ1n) is 6.43. The van der Waals surface area contributed by atoms with Gasteiger partial charge in [0.2, 0.25) is 0 Å². The summed E-state index contributed by atoms with van der Waals surface area (Å²) in [6.07, 6.45) is 10.9. The van der Waals surface area contributed by atoms with Gasteiger partial charge in [-0.05, 0) is 50.7 Å². The van der Waals surface area contributed by atoms with Crippen molar-refractivity contribution in [3.05, 3.63) is 0 Å². The SMILES string of the molecule is CCCCP(Br)CC.CCCCP(Br)CC. The van der Waals surface area contributed by atoms with E-state index in [-0.39, 0.29) is 13.2 Å². The Morgan fingerprint density at radius 1 is 0.688 bits per heavy atom. The van der Waals surface area contributed by atoms with E-state index in [1.807, 2.05) is 0 Å². The third-order valence-corrected chi connectivity index (χ3v) is 10.3. The van der Waals surface area contributed by atoms with E-state index in [0.29, 0.717) is 0 Å². The molecule has 2 unspecified atom stereocenters. The van der Waals surface area contributed by atoms with E-state index >= 15 is 0 Å². The third-order valence-electron chi connectivity index (χ3n) is 2.19. The molecule has 0 fully saturated rings. The summed E-state index contributed by atoms with van der Waals surface area (Å²) in [5.74, 6) is 0. The first kappa shape index (κ1) is 20.1. The molecule has 0 N–H and O–H groups in total. The minimum atomic E-state index is 0.228. The van der Waals surface area contributed by atoms with Crippen LogP contribution in [0.25, 0.3) is 0 Å². The lowest BCUT2D eigenvalue weighted by Gasteiger charge is -2.03. The van der Waals surface area contributed by atoms with Crippen LogP contribution < -0.4 is 0 Å². The topological polar surface area (TPSA) is 0 Å². The van der Waals surface area contributed by atoms with Crippen LogP contribution in [0.5, 0.6) is 0 Å². The van der Waals surface area contributed by atoms with Crippen molar-refractivity contribution in [1.29, 1.82) is 0 Å². The van der Waals surface area contributed by atoms with Gasteiger partial charge in [0, 0.05) is 0 Å². The van der Waals surface area contributed by atoms with Gasteiger partial charge in [0.1, 0.15) is 0 Å². The summed E-state index contributed by atoms with van der Waals surface area (Å²) in [6.45, 7) is 9.43. The Labute approximate surface area is 122 Å². The van der Waals surface area contributed by atoms with E-state index in [4.69, 9.17) is 0 Å². The summed E-state index contributed by atoms with van der Waals surface area (Å²) in [7, 11) is 0. The van der Waals surface area contributed by atoms with Crippen molar-refractivity contribution in [3.63, 3.8) is 0 Å². The van der Waals surface area contributed by atoms with E-state index in [1.165, 1.54) is 50.3 Å². The van der Waals surface area contributed by atoms with Gasteiger partial charge in [-0.1, -0.05) is 71.5 Å². The number of rotatable bonds is 8. The summed E-state index contributed by atoms with van der Waals surface area (Å²) < 4.78 is 0. The average molecular weight is 394 g/mol. The first-order chi connectivity index (χ1) is 7.62. The average Bonchev–Trinajstić information content (AvgIpc) is 2.33. The Morgan fingerprint density at radius 2 is 1.00 bits per heavy atom. The second-order valence-corrected chi connectivity index (χ2v) is 13.7. The molecule has 0 rings (SSSR count). The molecule has 0 amide bonds. The molecule has 0 aromatic heterocycles. The number of hydrogen-bond donors (Lipinski definition) is 0. The van der Waals surface area contributed by atoms with Gasteiger partial charge in [0.15, 0.2) is 0 Å². The second kappa shape index (κ2) is 16.8. The molecule has 100 valence electrons. The van der Waals surface area contributed by atoms with Crippen LogP contribution in [0.4, 0.5) is 0 Å². The molecular weight excluding hydrogens is 366 g/mol. The van der Waals surface area contributed by atoms with E-state index in [1.54, 1.807) is 0 Å². The Hall–Kier alpha value is 1.82. The minimum absolute atomic E-state index is 0.228. The summed E-state index contributed by atoms with van der Waals surface area (Å²) in [5.41, 5.74) is 0. The van der Waals surface area contributed by atoms with Gasteiger partial charge < -0.3 is 0 Å².